The van der Waals surface area contributed by atoms with Crippen molar-refractivity contribution >= 4 is 0 Å². The van der Waals surface area contributed by atoms with Crippen LogP contribution in [0.5, 0.6) is 5.75 Å². The molecule has 6 nitrogen and oxygen atoms in total. The third kappa shape index (κ3) is 5.12. The Morgan fingerprint density at radius 1 is 1.13 bits per heavy atom. The molecule has 0 radical (unpaired) electrons. The molecule has 2 aromatic heterocycles. The van der Waals surface area contributed by atoms with Crippen LogP contribution in [0.25, 0.3) is 5.69 Å². The van der Waals surface area contributed by atoms with E-state index < -0.39 is 0 Å². The summed E-state index contributed by atoms with van der Waals surface area (Å²) < 4.78 is 13.2. The molecule has 1 aliphatic rings. The second-order valence-electron chi connectivity index (χ2n) is 8.34. The van der Waals surface area contributed by atoms with Crippen LogP contribution in [-0.4, -0.2) is 53.1 Å². The highest BCUT2D eigenvalue weighted by Gasteiger charge is 2.21. The first-order valence-electron chi connectivity index (χ1n) is 10.7. The first-order chi connectivity index (χ1) is 14.6. The van der Waals surface area contributed by atoms with Crippen molar-refractivity contribution in [2.24, 2.45) is 5.92 Å². The van der Waals surface area contributed by atoms with E-state index in [9.17, 15) is 0 Å². The van der Waals surface area contributed by atoms with Gasteiger partial charge >= 0.3 is 0 Å². The molecule has 0 unspecified atom stereocenters. The lowest BCUT2D eigenvalue weighted by Gasteiger charge is -2.33. The Morgan fingerprint density at radius 2 is 1.90 bits per heavy atom. The molecule has 0 aliphatic carbocycles. The summed E-state index contributed by atoms with van der Waals surface area (Å²) in [5.74, 6) is 4.73. The number of hydrogen-bond acceptors (Lipinski definition) is 5. The number of likely N-dealkylation sites (tertiary alicyclic amines) is 1. The lowest BCUT2D eigenvalue weighted by molar-refractivity contribution is 0.139. The lowest BCUT2D eigenvalue weighted by Crippen LogP contribution is -2.37. The van der Waals surface area contributed by atoms with E-state index in [4.69, 9.17) is 9.15 Å². The van der Waals surface area contributed by atoms with Gasteiger partial charge in [-0.25, -0.2) is 4.98 Å². The number of piperidine rings is 1. The highest BCUT2D eigenvalue weighted by molar-refractivity contribution is 5.38. The molecule has 3 heterocycles. The summed E-state index contributed by atoms with van der Waals surface area (Å²) in [5, 5.41) is 0. The molecule has 1 aromatic carbocycles. The Bertz CT molecular complexity index is 923. The number of benzene rings is 1. The van der Waals surface area contributed by atoms with E-state index in [0.717, 1.165) is 67.4 Å². The van der Waals surface area contributed by atoms with Crippen molar-refractivity contribution in [1.82, 2.24) is 19.4 Å². The van der Waals surface area contributed by atoms with Gasteiger partial charge in [0.05, 0.1) is 20.2 Å². The number of methoxy groups -OCH3 is 1. The van der Waals surface area contributed by atoms with Crippen LogP contribution in [0, 0.1) is 12.8 Å². The lowest BCUT2D eigenvalue weighted by atomic mass is 9.96. The molecule has 160 valence electrons. The van der Waals surface area contributed by atoms with Crippen LogP contribution in [0.4, 0.5) is 0 Å². The highest BCUT2D eigenvalue weighted by Crippen LogP contribution is 2.22. The third-order valence-corrected chi connectivity index (χ3v) is 5.93. The minimum atomic E-state index is 0.731. The molecule has 1 saturated heterocycles. The van der Waals surface area contributed by atoms with Crippen molar-refractivity contribution in [3.05, 3.63) is 66.1 Å². The molecule has 3 aromatic rings. The van der Waals surface area contributed by atoms with Gasteiger partial charge in [0.2, 0.25) is 0 Å². The molecule has 30 heavy (non-hydrogen) atoms. The van der Waals surface area contributed by atoms with E-state index in [-0.39, 0.29) is 0 Å². The summed E-state index contributed by atoms with van der Waals surface area (Å²) >= 11 is 0. The number of hydrogen-bond donors (Lipinski definition) is 0. The SMILES string of the molecule is COc1ccc(-n2ccnc2CN(C)CC2CCN(Cc3ccc(C)o3)CC2)cc1. The van der Waals surface area contributed by atoms with Crippen LogP contribution in [0.1, 0.15) is 30.2 Å². The molecule has 6 heteroatoms. The molecule has 4 rings (SSSR count). The first-order valence-corrected chi connectivity index (χ1v) is 10.7. The van der Waals surface area contributed by atoms with E-state index in [1.54, 1.807) is 7.11 Å². The van der Waals surface area contributed by atoms with Gasteiger partial charge in [0.15, 0.2) is 0 Å². The number of nitrogens with zero attached hydrogens (tertiary/aromatic N) is 4. The molecule has 0 N–H and O–H groups in total. The van der Waals surface area contributed by atoms with Crippen molar-refractivity contribution in [3.8, 4) is 11.4 Å². The predicted octanol–water partition coefficient (Wildman–Crippen LogP) is 4.13. The van der Waals surface area contributed by atoms with Gasteiger partial charge in [0, 0.05) is 24.6 Å². The second-order valence-corrected chi connectivity index (χ2v) is 8.34. The number of imidazole rings is 1. The molecule has 0 spiro atoms. The fraction of sp³-hybridized carbons (Fsp3) is 0.458. The zero-order valence-corrected chi connectivity index (χ0v) is 18.3. The number of rotatable bonds is 8. The Hall–Kier alpha value is -2.57. The predicted molar refractivity (Wildman–Crippen MR) is 118 cm³/mol. The molecule has 1 fully saturated rings. The number of aryl methyl sites for hydroxylation is 1. The smallest absolute Gasteiger partial charge is 0.127 e. The third-order valence-electron chi connectivity index (χ3n) is 5.93. The van der Waals surface area contributed by atoms with E-state index in [2.05, 4.69) is 44.6 Å². The zero-order valence-electron chi connectivity index (χ0n) is 18.3. The minimum absolute atomic E-state index is 0.731. The average Bonchev–Trinajstić information content (AvgIpc) is 3.38. The number of ether oxygens (including phenoxy) is 1. The summed E-state index contributed by atoms with van der Waals surface area (Å²) in [6.07, 6.45) is 6.37. The van der Waals surface area contributed by atoms with Crippen molar-refractivity contribution in [1.29, 1.82) is 0 Å². The molecule has 0 amide bonds. The van der Waals surface area contributed by atoms with Crippen molar-refractivity contribution in [3.63, 3.8) is 0 Å². The molecule has 0 saturated carbocycles. The molecule has 0 bridgehead atoms. The molecular weight excluding hydrogens is 376 g/mol. The standard InChI is InChI=1S/C24H32N4O2/c1-19-4-7-23(30-19)17-27-13-10-20(11-14-27)16-26(2)18-24-25-12-15-28(24)21-5-8-22(29-3)9-6-21/h4-9,12,15,20H,10-11,13-14,16-18H2,1-3H3. The number of furan rings is 1. The second kappa shape index (κ2) is 9.49. The Kier molecular flexibility index (Phi) is 6.55. The van der Waals surface area contributed by atoms with Gasteiger partial charge in [-0.2, -0.15) is 0 Å². The van der Waals surface area contributed by atoms with Crippen molar-refractivity contribution < 1.29 is 9.15 Å². The summed E-state index contributed by atoms with van der Waals surface area (Å²) in [6, 6.07) is 12.3. The average molecular weight is 409 g/mol. The van der Waals surface area contributed by atoms with Gasteiger partial charge in [0.25, 0.3) is 0 Å². The summed E-state index contributed by atoms with van der Waals surface area (Å²) in [7, 11) is 3.89. The maximum atomic E-state index is 5.73. The van der Waals surface area contributed by atoms with Gasteiger partial charge in [-0.3, -0.25) is 9.80 Å². The number of aromatic nitrogens is 2. The fourth-order valence-corrected chi connectivity index (χ4v) is 4.29. The normalized spacial score (nSPS) is 15.7. The maximum absolute atomic E-state index is 5.73. The molecular formula is C24H32N4O2. The Labute approximate surface area is 179 Å². The van der Waals surface area contributed by atoms with Crippen LogP contribution in [0.2, 0.25) is 0 Å². The van der Waals surface area contributed by atoms with E-state index in [1.807, 2.05) is 37.5 Å². The van der Waals surface area contributed by atoms with Gasteiger partial charge < -0.3 is 13.7 Å². The van der Waals surface area contributed by atoms with Crippen LogP contribution in [0.15, 0.2) is 53.2 Å². The maximum Gasteiger partial charge on any atom is 0.127 e. The molecule has 0 atom stereocenters. The summed E-state index contributed by atoms with van der Waals surface area (Å²) in [4.78, 5) is 9.51. The quantitative estimate of drug-likeness (QED) is 0.561. The minimum Gasteiger partial charge on any atom is -0.497 e. The van der Waals surface area contributed by atoms with Crippen LogP contribution in [-0.2, 0) is 13.1 Å². The Balaban J connectivity index is 1.27. The van der Waals surface area contributed by atoms with E-state index in [0.29, 0.717) is 0 Å². The van der Waals surface area contributed by atoms with Gasteiger partial charge in [-0.15, -0.1) is 0 Å². The van der Waals surface area contributed by atoms with Crippen LogP contribution >= 0.6 is 0 Å². The van der Waals surface area contributed by atoms with Gasteiger partial charge in [-0.1, -0.05) is 0 Å². The van der Waals surface area contributed by atoms with Gasteiger partial charge in [0.1, 0.15) is 23.1 Å². The first kappa shape index (κ1) is 20.7. The fourth-order valence-electron chi connectivity index (χ4n) is 4.29. The summed E-state index contributed by atoms with van der Waals surface area (Å²) in [6.45, 7) is 7.15. The topological polar surface area (TPSA) is 46.7 Å². The highest BCUT2D eigenvalue weighted by atomic mass is 16.5. The van der Waals surface area contributed by atoms with E-state index in [1.165, 1.54) is 12.8 Å². The molecule has 1 aliphatic heterocycles. The van der Waals surface area contributed by atoms with Crippen LogP contribution < -0.4 is 4.74 Å². The summed E-state index contributed by atoms with van der Waals surface area (Å²) in [5.41, 5.74) is 1.11. The Morgan fingerprint density at radius 3 is 2.57 bits per heavy atom. The largest absolute Gasteiger partial charge is 0.497 e. The van der Waals surface area contributed by atoms with Crippen LogP contribution in [0.3, 0.4) is 0 Å². The van der Waals surface area contributed by atoms with Crippen molar-refractivity contribution in [2.75, 3.05) is 33.8 Å². The van der Waals surface area contributed by atoms with Gasteiger partial charge in [-0.05, 0) is 82.2 Å². The van der Waals surface area contributed by atoms with E-state index >= 15 is 0 Å². The zero-order chi connectivity index (χ0) is 20.9. The monoisotopic (exact) mass is 408 g/mol. The van der Waals surface area contributed by atoms with Crippen molar-refractivity contribution in [2.45, 2.75) is 32.9 Å².